The predicted octanol–water partition coefficient (Wildman–Crippen LogP) is 6.61. The van der Waals surface area contributed by atoms with Crippen molar-refractivity contribution >= 4 is 79.9 Å². The van der Waals surface area contributed by atoms with E-state index in [9.17, 15) is 9.59 Å². The number of hydrogen-bond donors (Lipinski definition) is 0. The van der Waals surface area contributed by atoms with Crippen LogP contribution in [0.2, 0.25) is 0 Å². The van der Waals surface area contributed by atoms with Crippen LogP contribution < -0.4 is 4.74 Å². The molecule has 34 heavy (non-hydrogen) atoms. The number of nitrogens with zero attached hydrogens (tertiary/aromatic N) is 1. The Bertz CT molecular complexity index is 1490. The third-order valence-corrected chi connectivity index (χ3v) is 6.75. The van der Waals surface area contributed by atoms with Crippen molar-refractivity contribution in [3.05, 3.63) is 114 Å². The van der Waals surface area contributed by atoms with E-state index < -0.39 is 11.9 Å². The Morgan fingerprint density at radius 3 is 2.26 bits per heavy atom. The van der Waals surface area contributed by atoms with E-state index in [0.29, 0.717) is 11.3 Å². The molecule has 0 atom stereocenters. The molecular weight excluding hydrogens is 656 g/mol. The summed E-state index contributed by atoms with van der Waals surface area (Å²) < 4.78 is 12.5. The highest BCUT2D eigenvalue weighted by molar-refractivity contribution is 14.1. The number of carbonyl (C=O) groups excluding carboxylic acids is 2. The number of esters is 2. The van der Waals surface area contributed by atoms with Gasteiger partial charge in [0.1, 0.15) is 0 Å². The molecular formula is C27H15I2NO4. The quantitative estimate of drug-likeness (QED) is 0.106. The molecule has 5 rings (SSSR count). The molecule has 1 aliphatic rings. The van der Waals surface area contributed by atoms with Gasteiger partial charge in [-0.2, -0.15) is 0 Å². The van der Waals surface area contributed by atoms with Crippen LogP contribution in [0.5, 0.6) is 5.75 Å². The van der Waals surface area contributed by atoms with E-state index in [1.165, 1.54) is 0 Å². The minimum Gasteiger partial charge on any atom is -0.421 e. The highest BCUT2D eigenvalue weighted by atomic mass is 127. The number of fused-ring (bicyclic) bond motifs is 1. The lowest BCUT2D eigenvalue weighted by Gasteiger charge is -2.10. The van der Waals surface area contributed by atoms with Crippen molar-refractivity contribution in [3.8, 4) is 5.75 Å². The molecule has 0 saturated carbocycles. The molecule has 0 unspecified atom stereocenters. The second kappa shape index (κ2) is 9.67. The Hall–Kier alpha value is -3.05. The zero-order chi connectivity index (χ0) is 23.7. The van der Waals surface area contributed by atoms with Gasteiger partial charge in [-0.3, -0.25) is 0 Å². The maximum atomic E-state index is 12.5. The van der Waals surface area contributed by atoms with Crippen LogP contribution in [0.4, 0.5) is 0 Å². The maximum absolute atomic E-state index is 12.5. The van der Waals surface area contributed by atoms with Crippen LogP contribution >= 0.6 is 45.2 Å². The minimum absolute atomic E-state index is 0.212. The molecule has 0 saturated heterocycles. The van der Waals surface area contributed by atoms with Gasteiger partial charge in [-0.25, -0.2) is 14.6 Å². The van der Waals surface area contributed by atoms with Gasteiger partial charge in [0, 0.05) is 5.56 Å². The second-order valence-corrected chi connectivity index (χ2v) is 9.79. The normalized spacial score (nSPS) is 14.2. The van der Waals surface area contributed by atoms with E-state index in [0.717, 1.165) is 29.0 Å². The number of aliphatic imine (C=N–C) groups is 1. The van der Waals surface area contributed by atoms with Crippen molar-refractivity contribution in [2.75, 3.05) is 0 Å². The van der Waals surface area contributed by atoms with Crippen molar-refractivity contribution in [3.63, 3.8) is 0 Å². The average molecular weight is 671 g/mol. The van der Waals surface area contributed by atoms with Gasteiger partial charge in [0.15, 0.2) is 11.4 Å². The number of rotatable bonds is 4. The molecule has 0 N–H and O–H groups in total. The number of cyclic esters (lactones) is 1. The molecule has 7 heteroatoms. The first-order chi connectivity index (χ1) is 16.5. The number of benzene rings is 4. The maximum Gasteiger partial charge on any atom is 0.363 e. The summed E-state index contributed by atoms with van der Waals surface area (Å²) in [6.07, 6.45) is 1.67. The van der Waals surface area contributed by atoms with Gasteiger partial charge in [0.25, 0.3) is 0 Å². The molecule has 1 heterocycles. The van der Waals surface area contributed by atoms with Crippen molar-refractivity contribution in [1.82, 2.24) is 0 Å². The summed E-state index contributed by atoms with van der Waals surface area (Å²) >= 11 is 4.23. The molecule has 166 valence electrons. The summed E-state index contributed by atoms with van der Waals surface area (Å²) in [7, 11) is 0. The third kappa shape index (κ3) is 4.76. The Labute approximate surface area is 222 Å². The lowest BCUT2D eigenvalue weighted by Crippen LogP contribution is -2.10. The summed E-state index contributed by atoms with van der Waals surface area (Å²) in [6, 6.07) is 26.3. The summed E-state index contributed by atoms with van der Waals surface area (Å²) in [5, 5.41) is 2.14. The second-order valence-electron chi connectivity index (χ2n) is 7.47. The zero-order valence-corrected chi connectivity index (χ0v) is 21.8. The van der Waals surface area contributed by atoms with E-state index in [1.807, 2.05) is 60.7 Å². The largest absolute Gasteiger partial charge is 0.421 e. The molecule has 0 radical (unpaired) electrons. The average Bonchev–Trinajstić information content (AvgIpc) is 3.21. The first-order valence-corrected chi connectivity index (χ1v) is 12.4. The predicted molar refractivity (Wildman–Crippen MR) is 148 cm³/mol. The van der Waals surface area contributed by atoms with Crippen molar-refractivity contribution < 1.29 is 19.1 Å². The van der Waals surface area contributed by atoms with Gasteiger partial charge < -0.3 is 9.47 Å². The molecule has 0 aliphatic carbocycles. The monoisotopic (exact) mass is 671 g/mol. The molecule has 0 fully saturated rings. The fraction of sp³-hybridized carbons (Fsp3) is 0. The summed E-state index contributed by atoms with van der Waals surface area (Å²) in [5.41, 5.74) is 2.18. The van der Waals surface area contributed by atoms with Crippen LogP contribution in [0, 0.1) is 7.14 Å². The molecule has 0 bridgehead atoms. The van der Waals surface area contributed by atoms with Gasteiger partial charge in [-0.1, -0.05) is 48.5 Å². The van der Waals surface area contributed by atoms with Gasteiger partial charge in [0.05, 0.1) is 12.7 Å². The summed E-state index contributed by atoms with van der Waals surface area (Å²) in [6.45, 7) is 0. The van der Waals surface area contributed by atoms with E-state index in [4.69, 9.17) is 9.47 Å². The van der Waals surface area contributed by atoms with E-state index in [-0.39, 0.29) is 11.6 Å². The number of halogens is 2. The lowest BCUT2D eigenvalue weighted by molar-refractivity contribution is -0.129. The molecule has 0 spiro atoms. The molecule has 0 amide bonds. The van der Waals surface area contributed by atoms with E-state index in [2.05, 4.69) is 50.2 Å². The zero-order valence-electron chi connectivity index (χ0n) is 17.5. The van der Waals surface area contributed by atoms with Crippen LogP contribution in [0.3, 0.4) is 0 Å². The van der Waals surface area contributed by atoms with Crippen LogP contribution in [0.1, 0.15) is 21.5 Å². The number of hydrogen-bond acceptors (Lipinski definition) is 5. The standard InChI is InChI=1S/C27H15I2NO4/c28-21-12-16(13-22(29)24(21)33-26(31)18-7-2-1-3-8-18)14-23-27(32)34-25(30-23)20-11-10-17-6-4-5-9-19(17)15-20/h1-15H/b23-14-. The van der Waals surface area contributed by atoms with E-state index >= 15 is 0 Å². The first-order valence-electron chi connectivity index (χ1n) is 10.3. The number of ether oxygens (including phenoxy) is 2. The van der Waals surface area contributed by atoms with Crippen molar-refractivity contribution in [1.29, 1.82) is 0 Å². The van der Waals surface area contributed by atoms with Gasteiger partial charge in [0.2, 0.25) is 5.90 Å². The van der Waals surface area contributed by atoms with Crippen LogP contribution in [0.15, 0.2) is 95.6 Å². The van der Waals surface area contributed by atoms with Crippen LogP contribution in [0.25, 0.3) is 16.8 Å². The van der Waals surface area contributed by atoms with Gasteiger partial charge >= 0.3 is 11.9 Å². The fourth-order valence-electron chi connectivity index (χ4n) is 3.50. The minimum atomic E-state index is -0.507. The first kappa shape index (κ1) is 22.7. The SMILES string of the molecule is O=C1OC(c2ccc3ccccc3c2)=N/C1=C\c1cc(I)c(OC(=O)c2ccccc2)c(I)c1. The Balaban J connectivity index is 1.41. The van der Waals surface area contributed by atoms with E-state index in [1.54, 1.807) is 30.3 Å². The summed E-state index contributed by atoms with van der Waals surface area (Å²) in [4.78, 5) is 29.4. The van der Waals surface area contributed by atoms with Crippen LogP contribution in [-0.4, -0.2) is 17.8 Å². The molecule has 4 aromatic rings. The van der Waals surface area contributed by atoms with Gasteiger partial charge in [-0.15, -0.1) is 0 Å². The molecule has 1 aliphatic heterocycles. The molecule has 5 nitrogen and oxygen atoms in total. The van der Waals surface area contributed by atoms with Crippen molar-refractivity contribution in [2.24, 2.45) is 4.99 Å². The summed E-state index contributed by atoms with van der Waals surface area (Å²) in [5.74, 6) is -0.175. The third-order valence-electron chi connectivity index (χ3n) is 5.15. The Morgan fingerprint density at radius 2 is 1.53 bits per heavy atom. The number of carbonyl (C=O) groups is 2. The highest BCUT2D eigenvalue weighted by Crippen LogP contribution is 2.31. The lowest BCUT2D eigenvalue weighted by atomic mass is 10.1. The van der Waals surface area contributed by atoms with Crippen molar-refractivity contribution in [2.45, 2.75) is 0 Å². The molecule has 0 aromatic heterocycles. The van der Waals surface area contributed by atoms with Gasteiger partial charge in [-0.05, 0) is 104 Å². The smallest absolute Gasteiger partial charge is 0.363 e. The topological polar surface area (TPSA) is 65.0 Å². The molecule has 4 aromatic carbocycles. The fourth-order valence-corrected chi connectivity index (χ4v) is 5.54. The highest BCUT2D eigenvalue weighted by Gasteiger charge is 2.25. The van der Waals surface area contributed by atoms with Crippen LogP contribution in [-0.2, 0) is 9.53 Å². The Morgan fingerprint density at radius 1 is 0.853 bits per heavy atom. The Kier molecular flexibility index (Phi) is 6.46.